The number of hydrogen-bond donors (Lipinski definition) is 0. The maximum Gasteiger partial charge on any atom is 0.101 e. The Labute approximate surface area is 67.3 Å². The van der Waals surface area contributed by atoms with Crippen LogP contribution >= 0.6 is 27.9 Å². The minimum absolute atomic E-state index is 0.921. The number of aliphatic imine (C=N–C) groups is 1. The van der Waals surface area contributed by atoms with Crippen LogP contribution in [0, 0.1) is 0 Å². The Morgan fingerprint density at radius 2 is 2.67 bits per heavy atom. The van der Waals surface area contributed by atoms with E-state index in [4.69, 9.17) is 0 Å². The first-order valence-corrected chi connectivity index (χ1v) is 4.49. The Balaban J connectivity index is 2.51. The third kappa shape index (κ3) is 2.02. The zero-order valence-electron chi connectivity index (χ0n) is 5.04. The molecule has 50 valence electrons. The largest absolute Gasteiger partial charge is 0.302 e. The van der Waals surface area contributed by atoms with Gasteiger partial charge in [0, 0.05) is 16.9 Å². The van der Waals surface area contributed by atoms with Crippen molar-refractivity contribution in [3.05, 3.63) is 10.7 Å². The topological polar surface area (TPSA) is 15.6 Å². The van der Waals surface area contributed by atoms with E-state index in [1.807, 2.05) is 23.1 Å². The molecule has 0 bridgehead atoms. The maximum atomic E-state index is 3.98. The molecule has 4 heteroatoms. The molecule has 2 nitrogen and oxygen atoms in total. The molecule has 1 heterocycles. The van der Waals surface area contributed by atoms with Gasteiger partial charge in [-0.25, -0.2) is 4.99 Å². The summed E-state index contributed by atoms with van der Waals surface area (Å²) in [6.45, 7) is 0.921. The lowest BCUT2D eigenvalue weighted by molar-refractivity contribution is 0.765. The van der Waals surface area contributed by atoms with Gasteiger partial charge in [0.2, 0.25) is 0 Å². The maximum absolute atomic E-state index is 3.98. The lowest BCUT2D eigenvalue weighted by Gasteiger charge is -2.16. The Kier molecular flexibility index (Phi) is 2.60. The third-order valence-electron chi connectivity index (χ3n) is 0.951. The van der Waals surface area contributed by atoms with E-state index in [0.29, 0.717) is 0 Å². The second-order valence-electron chi connectivity index (χ2n) is 1.60. The molecule has 0 amide bonds. The van der Waals surface area contributed by atoms with E-state index in [1.54, 1.807) is 11.9 Å². The van der Waals surface area contributed by atoms with Gasteiger partial charge in [-0.1, -0.05) is 27.9 Å². The van der Waals surface area contributed by atoms with Crippen LogP contribution < -0.4 is 0 Å². The first kappa shape index (κ1) is 7.15. The van der Waals surface area contributed by atoms with Gasteiger partial charge >= 0.3 is 0 Å². The van der Waals surface area contributed by atoms with Gasteiger partial charge in [0.1, 0.15) is 6.34 Å². The standard InChI is InChI=1S/C5H7BrN2S/c1-9-8-3-5(6)2-7-4-8/h2,4H,3H2,1H3. The molecule has 0 aliphatic carbocycles. The molecular weight excluding hydrogens is 200 g/mol. The van der Waals surface area contributed by atoms with E-state index in [9.17, 15) is 0 Å². The molecular formula is C5H7BrN2S. The van der Waals surface area contributed by atoms with Crippen molar-refractivity contribution < 1.29 is 0 Å². The van der Waals surface area contributed by atoms with E-state index < -0.39 is 0 Å². The molecule has 0 aromatic heterocycles. The molecule has 0 atom stereocenters. The Hall–Kier alpha value is 0.0400. The van der Waals surface area contributed by atoms with Crippen LogP contribution in [-0.2, 0) is 0 Å². The van der Waals surface area contributed by atoms with Crippen molar-refractivity contribution in [2.24, 2.45) is 4.99 Å². The summed E-state index contributed by atoms with van der Waals surface area (Å²) in [6.07, 6.45) is 5.65. The number of hydrogen-bond acceptors (Lipinski definition) is 3. The van der Waals surface area contributed by atoms with E-state index in [1.165, 1.54) is 0 Å². The van der Waals surface area contributed by atoms with Crippen LogP contribution in [0.25, 0.3) is 0 Å². The predicted octanol–water partition coefficient (Wildman–Crippen LogP) is 1.84. The fourth-order valence-electron chi connectivity index (χ4n) is 0.531. The van der Waals surface area contributed by atoms with Crippen molar-refractivity contribution in [1.82, 2.24) is 4.31 Å². The first-order valence-electron chi connectivity index (χ1n) is 2.51. The zero-order valence-corrected chi connectivity index (χ0v) is 7.44. The molecule has 0 fully saturated rings. The van der Waals surface area contributed by atoms with Crippen molar-refractivity contribution in [2.75, 3.05) is 12.8 Å². The highest BCUT2D eigenvalue weighted by Crippen LogP contribution is 2.14. The first-order chi connectivity index (χ1) is 4.33. The summed E-state index contributed by atoms with van der Waals surface area (Å²) in [7, 11) is 0. The fraction of sp³-hybridized carbons (Fsp3) is 0.400. The lowest BCUT2D eigenvalue weighted by atomic mass is 10.6. The van der Waals surface area contributed by atoms with Crippen LogP contribution in [0.2, 0.25) is 0 Å². The highest BCUT2D eigenvalue weighted by molar-refractivity contribution is 9.11. The van der Waals surface area contributed by atoms with Crippen LogP contribution in [0.4, 0.5) is 0 Å². The van der Waals surface area contributed by atoms with Crippen LogP contribution in [0.15, 0.2) is 15.7 Å². The summed E-state index contributed by atoms with van der Waals surface area (Å²) in [5, 5.41) is 0. The van der Waals surface area contributed by atoms with Crippen LogP contribution in [0.5, 0.6) is 0 Å². The smallest absolute Gasteiger partial charge is 0.101 e. The SMILES string of the molecule is CSN1C=NC=C(Br)C1. The average molecular weight is 207 g/mol. The molecule has 0 saturated heterocycles. The van der Waals surface area contributed by atoms with Gasteiger partial charge in [-0.05, 0) is 0 Å². The van der Waals surface area contributed by atoms with Gasteiger partial charge in [0.15, 0.2) is 0 Å². The van der Waals surface area contributed by atoms with Gasteiger partial charge in [0.05, 0.1) is 6.54 Å². The second-order valence-corrected chi connectivity index (χ2v) is 3.45. The molecule has 0 N–H and O–H groups in total. The summed E-state index contributed by atoms with van der Waals surface area (Å²) in [6, 6.07) is 0. The Bertz CT molecular complexity index is 155. The molecule has 9 heavy (non-hydrogen) atoms. The summed E-state index contributed by atoms with van der Waals surface area (Å²) in [4.78, 5) is 3.98. The summed E-state index contributed by atoms with van der Waals surface area (Å²) in [5.41, 5.74) is 0. The van der Waals surface area contributed by atoms with Gasteiger partial charge in [-0.3, -0.25) is 0 Å². The van der Waals surface area contributed by atoms with E-state index >= 15 is 0 Å². The highest BCUT2D eigenvalue weighted by Gasteiger charge is 2.02. The van der Waals surface area contributed by atoms with Crippen molar-refractivity contribution in [2.45, 2.75) is 0 Å². The zero-order chi connectivity index (χ0) is 6.69. The minimum Gasteiger partial charge on any atom is -0.302 e. The molecule has 1 aliphatic heterocycles. The summed E-state index contributed by atoms with van der Waals surface area (Å²) >= 11 is 5.02. The quantitative estimate of drug-likeness (QED) is 0.609. The number of nitrogens with zero attached hydrogens (tertiary/aromatic N) is 2. The molecule has 0 radical (unpaired) electrons. The van der Waals surface area contributed by atoms with Gasteiger partial charge in [0.25, 0.3) is 0 Å². The van der Waals surface area contributed by atoms with Crippen molar-refractivity contribution >= 4 is 34.2 Å². The minimum atomic E-state index is 0.921. The predicted molar refractivity (Wildman–Crippen MR) is 45.7 cm³/mol. The van der Waals surface area contributed by atoms with Crippen LogP contribution in [0.1, 0.15) is 0 Å². The molecule has 0 saturated carbocycles. The summed E-state index contributed by atoms with van der Waals surface area (Å²) in [5.74, 6) is 0. The van der Waals surface area contributed by atoms with Gasteiger partial charge in [-0.15, -0.1) is 0 Å². The number of halogens is 1. The normalized spacial score (nSPS) is 18.0. The Morgan fingerprint density at radius 3 is 3.11 bits per heavy atom. The molecule has 0 spiro atoms. The van der Waals surface area contributed by atoms with Gasteiger partial charge in [-0.2, -0.15) is 0 Å². The highest BCUT2D eigenvalue weighted by atomic mass is 79.9. The van der Waals surface area contributed by atoms with Crippen molar-refractivity contribution in [1.29, 1.82) is 0 Å². The molecule has 0 aromatic rings. The van der Waals surface area contributed by atoms with Crippen LogP contribution in [0.3, 0.4) is 0 Å². The lowest BCUT2D eigenvalue weighted by Crippen LogP contribution is -2.16. The van der Waals surface area contributed by atoms with Crippen LogP contribution in [-0.4, -0.2) is 23.4 Å². The molecule has 1 rings (SSSR count). The molecule has 0 unspecified atom stereocenters. The number of rotatable bonds is 1. The summed E-state index contributed by atoms with van der Waals surface area (Å²) < 4.78 is 3.17. The molecule has 1 aliphatic rings. The average Bonchev–Trinajstić information content (AvgIpc) is 1.88. The van der Waals surface area contributed by atoms with E-state index in [-0.39, 0.29) is 0 Å². The van der Waals surface area contributed by atoms with Gasteiger partial charge < -0.3 is 4.31 Å². The van der Waals surface area contributed by atoms with Crippen molar-refractivity contribution in [3.63, 3.8) is 0 Å². The Morgan fingerprint density at radius 1 is 1.89 bits per heavy atom. The van der Waals surface area contributed by atoms with E-state index in [2.05, 4.69) is 20.9 Å². The van der Waals surface area contributed by atoms with Crippen molar-refractivity contribution in [3.8, 4) is 0 Å². The van der Waals surface area contributed by atoms with E-state index in [0.717, 1.165) is 11.0 Å². The monoisotopic (exact) mass is 206 g/mol. The molecule has 0 aromatic carbocycles. The third-order valence-corrected chi connectivity index (χ3v) is 2.10. The second kappa shape index (κ2) is 3.27. The fourth-order valence-corrected chi connectivity index (χ4v) is 1.50.